The van der Waals surface area contributed by atoms with Gasteiger partial charge in [-0.1, -0.05) is 30.0 Å². The topological polar surface area (TPSA) is 88.9 Å². The average molecular weight is 442 g/mol. The van der Waals surface area contributed by atoms with Crippen LogP contribution in [-0.2, 0) is 11.8 Å². The van der Waals surface area contributed by atoms with Crippen molar-refractivity contribution in [2.75, 3.05) is 11.1 Å². The van der Waals surface area contributed by atoms with Gasteiger partial charge in [0, 0.05) is 12.7 Å². The number of halogens is 1. The van der Waals surface area contributed by atoms with Crippen molar-refractivity contribution in [2.24, 2.45) is 7.05 Å². The van der Waals surface area contributed by atoms with E-state index in [1.54, 1.807) is 24.6 Å². The fourth-order valence-electron chi connectivity index (χ4n) is 2.96. The second-order valence-corrected chi connectivity index (χ2v) is 8.15. The second kappa shape index (κ2) is 9.74. The normalized spacial score (nSPS) is 11.8. The van der Waals surface area contributed by atoms with Crippen molar-refractivity contribution in [3.05, 3.63) is 70.8 Å². The Bertz CT molecular complexity index is 1120. The van der Waals surface area contributed by atoms with Crippen LogP contribution < -0.4 is 10.6 Å². The van der Waals surface area contributed by atoms with Crippen LogP contribution in [0, 0.1) is 19.7 Å². The Morgan fingerprint density at radius 2 is 1.87 bits per heavy atom. The van der Waals surface area contributed by atoms with E-state index in [2.05, 4.69) is 20.8 Å². The van der Waals surface area contributed by atoms with Gasteiger partial charge in [0.1, 0.15) is 5.82 Å². The maximum Gasteiger partial charge on any atom is 0.254 e. The summed E-state index contributed by atoms with van der Waals surface area (Å²) in [6, 6.07) is 11.0. The van der Waals surface area contributed by atoms with Gasteiger partial charge in [0.05, 0.1) is 17.4 Å². The Kier molecular flexibility index (Phi) is 7.06. The molecule has 1 unspecified atom stereocenters. The molecule has 3 rings (SSSR count). The van der Waals surface area contributed by atoms with Crippen LogP contribution in [0.5, 0.6) is 0 Å². The summed E-state index contributed by atoms with van der Waals surface area (Å²) in [5.41, 5.74) is 2.98. The van der Waals surface area contributed by atoms with E-state index in [1.165, 1.54) is 30.0 Å². The van der Waals surface area contributed by atoms with Crippen molar-refractivity contribution in [1.82, 2.24) is 20.1 Å². The minimum Gasteiger partial charge on any atom is -0.342 e. The third-order valence-corrected chi connectivity index (χ3v) is 5.87. The molecule has 2 amide bonds. The van der Waals surface area contributed by atoms with E-state index < -0.39 is 17.8 Å². The molecule has 0 saturated heterocycles. The first-order valence-electron chi connectivity index (χ1n) is 9.71. The summed E-state index contributed by atoms with van der Waals surface area (Å²) < 4.78 is 15.5. The molecule has 2 aromatic carbocycles. The van der Waals surface area contributed by atoms with Crippen molar-refractivity contribution in [3.63, 3.8) is 0 Å². The summed E-state index contributed by atoms with van der Waals surface area (Å²) in [4.78, 5) is 24.6. The predicted molar refractivity (Wildman–Crippen MR) is 119 cm³/mol. The number of thioether (sulfide) groups is 1. The molecule has 2 N–H and O–H groups in total. The molecule has 0 spiro atoms. The number of anilines is 1. The number of amides is 2. The number of rotatable bonds is 7. The lowest BCUT2D eigenvalue weighted by Gasteiger charge is -2.14. The fraction of sp³-hybridized carbons (Fsp3) is 0.273. The molecule has 0 aliphatic rings. The van der Waals surface area contributed by atoms with Gasteiger partial charge in [-0.05, 0) is 56.2 Å². The Labute approximate surface area is 184 Å². The van der Waals surface area contributed by atoms with Crippen molar-refractivity contribution < 1.29 is 14.0 Å². The van der Waals surface area contributed by atoms with Gasteiger partial charge in [-0.15, -0.1) is 10.2 Å². The van der Waals surface area contributed by atoms with Crippen LogP contribution in [0.3, 0.4) is 0 Å². The molecule has 0 aliphatic carbocycles. The largest absolute Gasteiger partial charge is 0.342 e. The highest BCUT2D eigenvalue weighted by molar-refractivity contribution is 7.99. The molecule has 31 heavy (non-hydrogen) atoms. The summed E-state index contributed by atoms with van der Waals surface area (Å²) in [7, 11) is 1.75. The number of aryl methyl sites for hydroxylation is 2. The van der Waals surface area contributed by atoms with Gasteiger partial charge in [0.15, 0.2) is 11.0 Å². The molecule has 1 aromatic heterocycles. The molecule has 162 valence electrons. The average Bonchev–Trinajstić information content (AvgIpc) is 3.10. The first-order valence-corrected chi connectivity index (χ1v) is 10.7. The number of nitrogens with zero attached hydrogens (tertiary/aromatic N) is 3. The minimum atomic E-state index is -0.587. The zero-order valence-electron chi connectivity index (χ0n) is 17.8. The quantitative estimate of drug-likeness (QED) is 0.545. The minimum absolute atomic E-state index is 0.0332. The standard InChI is InChI=1S/C22H24FN5O2S/c1-13-9-10-16(11-14(13)2)25-19(29)12-31-22-27-26-20(28(22)4)15(3)24-21(30)17-7-5-6-8-18(17)23/h5-11,15H,12H2,1-4H3,(H,24,30)(H,25,29). The highest BCUT2D eigenvalue weighted by atomic mass is 32.2. The summed E-state index contributed by atoms with van der Waals surface area (Å²) in [6.45, 7) is 5.75. The highest BCUT2D eigenvalue weighted by Crippen LogP contribution is 2.20. The fourth-order valence-corrected chi connectivity index (χ4v) is 3.68. The van der Waals surface area contributed by atoms with E-state index in [1.807, 2.05) is 32.0 Å². The molecule has 1 heterocycles. The lowest BCUT2D eigenvalue weighted by atomic mass is 10.1. The van der Waals surface area contributed by atoms with E-state index in [9.17, 15) is 14.0 Å². The molecule has 0 radical (unpaired) electrons. The summed E-state index contributed by atoms with van der Waals surface area (Å²) in [5.74, 6) is -0.610. The van der Waals surface area contributed by atoms with Crippen LogP contribution in [0.4, 0.5) is 10.1 Å². The summed E-state index contributed by atoms with van der Waals surface area (Å²) in [6.07, 6.45) is 0. The van der Waals surface area contributed by atoms with Crippen molar-refractivity contribution in [3.8, 4) is 0 Å². The van der Waals surface area contributed by atoms with Crippen molar-refractivity contribution in [2.45, 2.75) is 32.0 Å². The SMILES string of the molecule is Cc1ccc(NC(=O)CSc2nnc(C(C)NC(=O)c3ccccc3F)n2C)cc1C. The number of nitrogens with one attached hydrogen (secondary N) is 2. The number of hydrogen-bond donors (Lipinski definition) is 2. The lowest BCUT2D eigenvalue weighted by Crippen LogP contribution is -2.29. The van der Waals surface area contributed by atoms with Crippen molar-refractivity contribution in [1.29, 1.82) is 0 Å². The van der Waals surface area contributed by atoms with E-state index in [0.29, 0.717) is 11.0 Å². The lowest BCUT2D eigenvalue weighted by molar-refractivity contribution is -0.113. The van der Waals surface area contributed by atoms with Gasteiger partial charge in [-0.2, -0.15) is 0 Å². The maximum absolute atomic E-state index is 13.8. The van der Waals surface area contributed by atoms with Crippen LogP contribution in [0.1, 0.15) is 40.3 Å². The molecule has 0 fully saturated rings. The predicted octanol–water partition coefficient (Wildman–Crippen LogP) is 3.79. The van der Waals surface area contributed by atoms with Gasteiger partial charge < -0.3 is 15.2 Å². The first-order chi connectivity index (χ1) is 14.8. The van der Waals surface area contributed by atoms with Gasteiger partial charge >= 0.3 is 0 Å². The molecule has 9 heteroatoms. The molecular formula is C22H24FN5O2S. The molecule has 3 aromatic rings. The van der Waals surface area contributed by atoms with Gasteiger partial charge in [0.25, 0.3) is 5.91 Å². The number of carbonyl (C=O) groups excluding carboxylic acids is 2. The monoisotopic (exact) mass is 441 g/mol. The third-order valence-electron chi connectivity index (χ3n) is 4.84. The maximum atomic E-state index is 13.8. The first kappa shape index (κ1) is 22.5. The smallest absolute Gasteiger partial charge is 0.254 e. The molecule has 0 bridgehead atoms. The van der Waals surface area contributed by atoms with E-state index in [4.69, 9.17) is 0 Å². The van der Waals surface area contributed by atoms with Crippen LogP contribution >= 0.6 is 11.8 Å². The zero-order chi connectivity index (χ0) is 22.5. The molecule has 1 atom stereocenters. The Hall–Kier alpha value is -3.20. The summed E-state index contributed by atoms with van der Waals surface area (Å²) >= 11 is 1.24. The molecule has 0 aliphatic heterocycles. The van der Waals surface area contributed by atoms with Crippen LogP contribution in [0.15, 0.2) is 47.6 Å². The van der Waals surface area contributed by atoms with E-state index >= 15 is 0 Å². The molecule has 7 nitrogen and oxygen atoms in total. The zero-order valence-corrected chi connectivity index (χ0v) is 18.6. The Morgan fingerprint density at radius 3 is 2.58 bits per heavy atom. The van der Waals surface area contributed by atoms with Crippen LogP contribution in [0.2, 0.25) is 0 Å². The third kappa shape index (κ3) is 5.49. The second-order valence-electron chi connectivity index (χ2n) is 7.21. The Morgan fingerprint density at radius 1 is 1.13 bits per heavy atom. The number of carbonyl (C=O) groups is 2. The van der Waals surface area contributed by atoms with Gasteiger partial charge in [-0.3, -0.25) is 9.59 Å². The molecular weight excluding hydrogens is 417 g/mol. The number of aromatic nitrogens is 3. The Balaban J connectivity index is 1.59. The molecule has 0 saturated carbocycles. The van der Waals surface area contributed by atoms with Crippen LogP contribution in [-0.4, -0.2) is 32.3 Å². The van der Waals surface area contributed by atoms with E-state index in [0.717, 1.165) is 16.8 Å². The van der Waals surface area contributed by atoms with Gasteiger partial charge in [-0.25, -0.2) is 4.39 Å². The number of hydrogen-bond acceptors (Lipinski definition) is 5. The van der Waals surface area contributed by atoms with Crippen molar-refractivity contribution >= 4 is 29.3 Å². The highest BCUT2D eigenvalue weighted by Gasteiger charge is 2.20. The van der Waals surface area contributed by atoms with Gasteiger partial charge in [0.2, 0.25) is 5.91 Å². The van der Waals surface area contributed by atoms with Crippen LogP contribution in [0.25, 0.3) is 0 Å². The summed E-state index contributed by atoms with van der Waals surface area (Å²) in [5, 5.41) is 14.4. The number of benzene rings is 2. The van der Waals surface area contributed by atoms with E-state index in [-0.39, 0.29) is 17.2 Å².